The molecule has 2 rings (SSSR count). The first-order chi connectivity index (χ1) is 12.3. The van der Waals surface area contributed by atoms with E-state index in [2.05, 4.69) is 16.2 Å². The van der Waals surface area contributed by atoms with E-state index in [-0.39, 0.29) is 12.5 Å². The summed E-state index contributed by atoms with van der Waals surface area (Å²) in [6.07, 6.45) is 2.06. The number of carbonyl (C=O) groups is 3. The van der Waals surface area contributed by atoms with Gasteiger partial charge in [-0.25, -0.2) is 10.9 Å². The van der Waals surface area contributed by atoms with Crippen LogP contribution in [0, 0.1) is 0 Å². The van der Waals surface area contributed by atoms with E-state index in [0.717, 1.165) is 24.9 Å². The summed E-state index contributed by atoms with van der Waals surface area (Å²) in [6, 6.07) is 7.11. The first-order valence-corrected chi connectivity index (χ1v) is 8.28. The van der Waals surface area contributed by atoms with Crippen LogP contribution in [0.3, 0.4) is 0 Å². The van der Waals surface area contributed by atoms with Crippen LogP contribution in [0.1, 0.15) is 25.3 Å². The summed E-state index contributed by atoms with van der Waals surface area (Å²) in [5.41, 5.74) is 5.83. The number of hydrazine groups is 1. The average Bonchev–Trinajstić information content (AvgIpc) is 3.14. The van der Waals surface area contributed by atoms with Gasteiger partial charge in [0.2, 0.25) is 0 Å². The van der Waals surface area contributed by atoms with Crippen molar-refractivity contribution in [2.24, 2.45) is 0 Å². The molecule has 9 nitrogen and oxygen atoms in total. The summed E-state index contributed by atoms with van der Waals surface area (Å²) in [4.78, 5) is 31.8. The van der Waals surface area contributed by atoms with Crippen molar-refractivity contribution >= 4 is 17.9 Å². The quantitative estimate of drug-likeness (QED) is 0.351. The number of hydrogen-bond acceptors (Lipinski definition) is 6. The lowest BCUT2D eigenvalue weighted by molar-refractivity contribution is -0.142. The first kappa shape index (κ1) is 21.6. The van der Waals surface area contributed by atoms with Crippen molar-refractivity contribution in [2.75, 3.05) is 6.54 Å². The number of hydrogen-bond donors (Lipinski definition) is 6. The zero-order valence-corrected chi connectivity index (χ0v) is 14.5. The van der Waals surface area contributed by atoms with Crippen molar-refractivity contribution in [1.29, 1.82) is 0 Å². The smallest absolute Gasteiger partial charge is 0.322 e. The Kier molecular flexibility index (Phi) is 9.27. The first-order valence-electron chi connectivity index (χ1n) is 8.28. The van der Waals surface area contributed by atoms with Crippen molar-refractivity contribution in [1.82, 2.24) is 16.2 Å². The lowest BCUT2D eigenvalue weighted by atomic mass is 10.1. The lowest BCUT2D eigenvalue weighted by Crippen LogP contribution is -2.52. The van der Waals surface area contributed by atoms with Crippen LogP contribution in [0.25, 0.3) is 0 Å². The molecule has 6 N–H and O–H groups in total. The van der Waals surface area contributed by atoms with E-state index in [1.165, 1.54) is 6.92 Å². The summed E-state index contributed by atoms with van der Waals surface area (Å²) in [7, 11) is 0. The summed E-state index contributed by atoms with van der Waals surface area (Å²) >= 11 is 0. The van der Waals surface area contributed by atoms with Gasteiger partial charge in [-0.3, -0.25) is 14.4 Å². The maximum atomic E-state index is 11.0. The number of carboxylic acids is 3. The third-order valence-electron chi connectivity index (χ3n) is 3.78. The molecule has 9 heteroatoms. The second kappa shape index (κ2) is 11.2. The third kappa shape index (κ3) is 8.06. The van der Waals surface area contributed by atoms with E-state index in [9.17, 15) is 14.4 Å². The van der Waals surface area contributed by atoms with E-state index in [1.807, 2.05) is 30.3 Å². The number of carboxylic acid groups (broad SMARTS) is 3. The second-order valence-electron chi connectivity index (χ2n) is 5.92. The molecule has 0 amide bonds. The van der Waals surface area contributed by atoms with Crippen LogP contribution in [-0.4, -0.2) is 57.9 Å². The van der Waals surface area contributed by atoms with Gasteiger partial charge in [-0.1, -0.05) is 30.3 Å². The van der Waals surface area contributed by atoms with Crippen LogP contribution in [0.5, 0.6) is 0 Å². The van der Waals surface area contributed by atoms with Gasteiger partial charge in [-0.05, 0) is 38.3 Å². The zero-order chi connectivity index (χ0) is 19.5. The summed E-state index contributed by atoms with van der Waals surface area (Å²) < 4.78 is 0. The predicted molar refractivity (Wildman–Crippen MR) is 93.6 cm³/mol. The molecule has 0 saturated carbocycles. The van der Waals surface area contributed by atoms with Gasteiger partial charge in [0.05, 0.1) is 0 Å². The molecule has 1 aliphatic heterocycles. The van der Waals surface area contributed by atoms with Gasteiger partial charge in [-0.2, -0.15) is 0 Å². The fourth-order valence-electron chi connectivity index (χ4n) is 2.23. The fraction of sp³-hybridized carbons (Fsp3) is 0.471. The molecule has 0 spiro atoms. The maximum Gasteiger partial charge on any atom is 0.322 e. The van der Waals surface area contributed by atoms with E-state index in [0.29, 0.717) is 0 Å². The van der Waals surface area contributed by atoms with Gasteiger partial charge < -0.3 is 20.6 Å². The molecule has 1 aromatic carbocycles. The molecular formula is C17H25N3O6. The highest BCUT2D eigenvalue weighted by molar-refractivity contribution is 5.75. The topological polar surface area (TPSA) is 148 Å². The summed E-state index contributed by atoms with van der Waals surface area (Å²) in [6.45, 7) is 2.29. The molecule has 1 aliphatic rings. The molecule has 0 unspecified atom stereocenters. The van der Waals surface area contributed by atoms with Gasteiger partial charge in [0.25, 0.3) is 0 Å². The Labute approximate surface area is 151 Å². The maximum absolute atomic E-state index is 11.0. The van der Waals surface area contributed by atoms with Crippen LogP contribution < -0.4 is 16.2 Å². The van der Waals surface area contributed by atoms with Crippen LogP contribution in [-0.2, 0) is 20.8 Å². The summed E-state index contributed by atoms with van der Waals surface area (Å²) in [5.74, 6) is -2.81. The molecule has 144 valence electrons. The Morgan fingerprint density at radius 3 is 2.19 bits per heavy atom. The molecule has 1 aromatic rings. The molecule has 0 radical (unpaired) electrons. The number of nitrogens with one attached hydrogen (secondary N) is 3. The SMILES string of the molecule is C[C@H](NN[C@@H](Cc1ccccc1)C(=O)O)C(=O)O.O=C(O)[C@@H]1CCCN1. The fourth-order valence-corrected chi connectivity index (χ4v) is 2.23. The van der Waals surface area contributed by atoms with Crippen molar-refractivity contribution in [3.63, 3.8) is 0 Å². The Balaban J connectivity index is 0.000000350. The molecular weight excluding hydrogens is 342 g/mol. The normalized spacial score (nSPS) is 18.3. The lowest BCUT2D eigenvalue weighted by Gasteiger charge is -2.17. The van der Waals surface area contributed by atoms with Crippen LogP contribution in [0.15, 0.2) is 30.3 Å². The Morgan fingerprint density at radius 1 is 1.12 bits per heavy atom. The van der Waals surface area contributed by atoms with Crippen LogP contribution >= 0.6 is 0 Å². The minimum atomic E-state index is -1.05. The minimum Gasteiger partial charge on any atom is -0.480 e. The molecule has 0 bridgehead atoms. The Morgan fingerprint density at radius 2 is 1.77 bits per heavy atom. The molecule has 0 aromatic heterocycles. The van der Waals surface area contributed by atoms with Crippen molar-refractivity contribution in [3.05, 3.63) is 35.9 Å². The minimum absolute atomic E-state index is 0.269. The number of benzene rings is 1. The summed E-state index contributed by atoms with van der Waals surface area (Å²) in [5, 5.41) is 28.9. The second-order valence-corrected chi connectivity index (χ2v) is 5.92. The monoisotopic (exact) mass is 367 g/mol. The average molecular weight is 367 g/mol. The van der Waals surface area contributed by atoms with Gasteiger partial charge in [0, 0.05) is 0 Å². The van der Waals surface area contributed by atoms with Gasteiger partial charge >= 0.3 is 17.9 Å². The molecule has 1 saturated heterocycles. The highest BCUT2D eigenvalue weighted by atomic mass is 16.4. The molecule has 3 atom stereocenters. The van der Waals surface area contributed by atoms with E-state index < -0.39 is 30.0 Å². The standard InChI is InChI=1S/C12H16N2O4.C5H9NO2/c1-8(11(15)16)13-14-10(12(17)18)7-9-5-3-2-4-6-9;7-5(8)4-2-1-3-6-4/h2-6,8,10,13-14H,7H2,1H3,(H,15,16)(H,17,18);4,6H,1-3H2,(H,7,8)/t8-,10-;4-/m00/s1. The highest BCUT2D eigenvalue weighted by Gasteiger charge is 2.20. The molecule has 1 fully saturated rings. The van der Waals surface area contributed by atoms with E-state index in [4.69, 9.17) is 15.3 Å². The third-order valence-corrected chi connectivity index (χ3v) is 3.78. The Hall–Kier alpha value is -2.49. The number of aliphatic carboxylic acids is 3. The molecule has 0 aliphatic carbocycles. The molecule has 26 heavy (non-hydrogen) atoms. The van der Waals surface area contributed by atoms with E-state index in [1.54, 1.807) is 0 Å². The van der Waals surface area contributed by atoms with Gasteiger partial charge in [0.15, 0.2) is 0 Å². The zero-order valence-electron chi connectivity index (χ0n) is 14.5. The van der Waals surface area contributed by atoms with E-state index >= 15 is 0 Å². The van der Waals surface area contributed by atoms with Crippen molar-refractivity contribution in [3.8, 4) is 0 Å². The largest absolute Gasteiger partial charge is 0.480 e. The van der Waals surface area contributed by atoms with Gasteiger partial charge in [0.1, 0.15) is 18.1 Å². The van der Waals surface area contributed by atoms with Crippen LogP contribution in [0.2, 0.25) is 0 Å². The Bertz CT molecular complexity index is 589. The highest BCUT2D eigenvalue weighted by Crippen LogP contribution is 2.04. The van der Waals surface area contributed by atoms with Crippen molar-refractivity contribution < 1.29 is 29.7 Å². The van der Waals surface area contributed by atoms with Crippen LogP contribution in [0.4, 0.5) is 0 Å². The number of rotatable bonds is 8. The predicted octanol–water partition coefficient (Wildman–Crippen LogP) is 0.0726. The molecule has 1 heterocycles. The van der Waals surface area contributed by atoms with Gasteiger partial charge in [-0.15, -0.1) is 0 Å². The van der Waals surface area contributed by atoms with Crippen molar-refractivity contribution in [2.45, 2.75) is 44.3 Å².